The van der Waals surface area contributed by atoms with Gasteiger partial charge in [-0.3, -0.25) is 4.79 Å². The third kappa shape index (κ3) is 3.18. The number of nitrogens with zero attached hydrogens (tertiary/aromatic N) is 2. The molecule has 2 aromatic carbocycles. The van der Waals surface area contributed by atoms with E-state index in [0.717, 1.165) is 11.3 Å². The van der Waals surface area contributed by atoms with Crippen LogP contribution in [0.3, 0.4) is 0 Å². The van der Waals surface area contributed by atoms with Crippen LogP contribution in [-0.2, 0) is 0 Å². The zero-order valence-corrected chi connectivity index (χ0v) is 12.6. The normalized spacial score (nSPS) is 10.3. The number of para-hydroxylation sites is 1. The zero-order valence-electron chi connectivity index (χ0n) is 12.6. The third-order valence-electron chi connectivity index (χ3n) is 3.49. The number of carbonyl (C=O) groups excluding carboxylic acids is 1. The van der Waals surface area contributed by atoms with E-state index in [1.54, 1.807) is 13.1 Å². The van der Waals surface area contributed by atoms with Crippen molar-refractivity contribution in [2.45, 2.75) is 0 Å². The van der Waals surface area contributed by atoms with Crippen LogP contribution in [0, 0.1) is 0 Å². The van der Waals surface area contributed by atoms with Crippen molar-refractivity contribution >= 4 is 11.6 Å². The Morgan fingerprint density at radius 3 is 2.26 bits per heavy atom. The maximum absolute atomic E-state index is 12.6. The lowest BCUT2D eigenvalue weighted by atomic mass is 10.1. The number of aromatic amines is 1. The van der Waals surface area contributed by atoms with E-state index in [1.165, 1.54) is 4.90 Å². The Morgan fingerprint density at radius 2 is 1.61 bits per heavy atom. The van der Waals surface area contributed by atoms with Crippen LogP contribution in [0.25, 0.3) is 11.3 Å². The van der Waals surface area contributed by atoms with E-state index in [4.69, 9.17) is 0 Å². The lowest BCUT2D eigenvalue weighted by Gasteiger charge is -2.17. The first-order valence-corrected chi connectivity index (χ1v) is 7.15. The number of H-pyrrole nitrogens is 1. The molecule has 23 heavy (non-hydrogen) atoms. The summed E-state index contributed by atoms with van der Waals surface area (Å²) in [5.74, 6) is -0.298. The largest absolute Gasteiger partial charge is 0.346 e. The van der Waals surface area contributed by atoms with Crippen molar-refractivity contribution in [2.24, 2.45) is 0 Å². The Bertz CT molecular complexity index is 874. The van der Waals surface area contributed by atoms with Crippen molar-refractivity contribution in [3.63, 3.8) is 0 Å². The smallest absolute Gasteiger partial charge is 0.310 e. The van der Waals surface area contributed by atoms with Crippen LogP contribution in [-0.4, -0.2) is 22.9 Å². The molecule has 0 aliphatic heterocycles. The van der Waals surface area contributed by atoms with Crippen molar-refractivity contribution in [3.8, 4) is 11.3 Å². The number of benzene rings is 2. The van der Waals surface area contributed by atoms with Gasteiger partial charge >= 0.3 is 5.69 Å². The molecule has 0 bridgehead atoms. The fourth-order valence-electron chi connectivity index (χ4n) is 2.28. The van der Waals surface area contributed by atoms with Gasteiger partial charge in [0.25, 0.3) is 5.91 Å². The quantitative estimate of drug-likeness (QED) is 0.809. The van der Waals surface area contributed by atoms with Gasteiger partial charge in [-0.25, -0.2) is 4.79 Å². The van der Waals surface area contributed by atoms with E-state index in [1.807, 2.05) is 60.7 Å². The number of hydrogen-bond acceptors (Lipinski definition) is 3. The molecule has 5 heteroatoms. The summed E-state index contributed by atoms with van der Waals surface area (Å²) in [5, 5.41) is 0. The molecule has 114 valence electrons. The van der Waals surface area contributed by atoms with E-state index >= 15 is 0 Å². The van der Waals surface area contributed by atoms with Crippen LogP contribution < -0.4 is 10.6 Å². The lowest BCUT2D eigenvalue weighted by Crippen LogP contribution is -2.29. The second-order valence-electron chi connectivity index (χ2n) is 5.05. The van der Waals surface area contributed by atoms with Gasteiger partial charge in [-0.15, -0.1) is 0 Å². The summed E-state index contributed by atoms with van der Waals surface area (Å²) in [4.78, 5) is 32.4. The second-order valence-corrected chi connectivity index (χ2v) is 5.05. The van der Waals surface area contributed by atoms with Crippen LogP contribution in [0.2, 0.25) is 0 Å². The van der Waals surface area contributed by atoms with Gasteiger partial charge in [-0.1, -0.05) is 48.5 Å². The number of carbonyl (C=O) groups is 1. The minimum absolute atomic E-state index is 0.204. The average molecular weight is 305 g/mol. The Labute approximate surface area is 133 Å². The highest BCUT2D eigenvalue weighted by molar-refractivity contribution is 6.04. The molecule has 0 aliphatic rings. The van der Waals surface area contributed by atoms with Gasteiger partial charge in [0.2, 0.25) is 0 Å². The van der Waals surface area contributed by atoms with Gasteiger partial charge in [-0.2, -0.15) is 4.98 Å². The predicted molar refractivity (Wildman–Crippen MR) is 89.5 cm³/mol. The first kappa shape index (κ1) is 14.7. The molecular weight excluding hydrogens is 290 g/mol. The maximum Gasteiger partial charge on any atom is 0.346 e. The minimum atomic E-state index is -0.545. The molecule has 5 nitrogen and oxygen atoms in total. The summed E-state index contributed by atoms with van der Waals surface area (Å²) < 4.78 is 0. The van der Waals surface area contributed by atoms with Gasteiger partial charge in [-0.05, 0) is 18.2 Å². The Balaban J connectivity index is 1.99. The summed E-state index contributed by atoms with van der Waals surface area (Å²) in [6.45, 7) is 0. The molecule has 1 heterocycles. The average Bonchev–Trinajstić information content (AvgIpc) is 2.61. The summed E-state index contributed by atoms with van der Waals surface area (Å²) in [6.07, 6.45) is 0. The van der Waals surface area contributed by atoms with Crippen LogP contribution >= 0.6 is 0 Å². The van der Waals surface area contributed by atoms with E-state index < -0.39 is 5.69 Å². The Morgan fingerprint density at radius 1 is 1.00 bits per heavy atom. The predicted octanol–water partition coefficient (Wildman–Crippen LogP) is 2.71. The van der Waals surface area contributed by atoms with Crippen LogP contribution in [0.1, 0.15) is 10.5 Å². The van der Waals surface area contributed by atoms with Crippen molar-refractivity contribution in [3.05, 3.63) is 82.9 Å². The number of anilines is 1. The summed E-state index contributed by atoms with van der Waals surface area (Å²) in [6, 6.07) is 20.1. The van der Waals surface area contributed by atoms with Crippen LogP contribution in [0.5, 0.6) is 0 Å². The molecule has 1 amide bonds. The molecule has 3 aromatic rings. The highest BCUT2D eigenvalue weighted by Crippen LogP contribution is 2.18. The van der Waals surface area contributed by atoms with Crippen molar-refractivity contribution in [2.75, 3.05) is 11.9 Å². The zero-order chi connectivity index (χ0) is 16.2. The van der Waals surface area contributed by atoms with Gasteiger partial charge in [0.05, 0.1) is 5.69 Å². The summed E-state index contributed by atoms with van der Waals surface area (Å²) in [7, 11) is 1.67. The molecular formula is C18H15N3O2. The molecule has 3 rings (SSSR count). The summed E-state index contributed by atoms with van der Waals surface area (Å²) >= 11 is 0. The highest BCUT2D eigenvalue weighted by atomic mass is 16.2. The fourth-order valence-corrected chi connectivity index (χ4v) is 2.28. The van der Waals surface area contributed by atoms with Crippen LogP contribution in [0.4, 0.5) is 5.69 Å². The van der Waals surface area contributed by atoms with Crippen molar-refractivity contribution < 1.29 is 4.79 Å². The summed E-state index contributed by atoms with van der Waals surface area (Å²) in [5.41, 5.74) is 1.66. The molecule has 0 spiro atoms. The topological polar surface area (TPSA) is 66.1 Å². The molecule has 0 unspecified atom stereocenters. The second kappa shape index (κ2) is 6.27. The lowest BCUT2D eigenvalue weighted by molar-refractivity contribution is 0.0988. The van der Waals surface area contributed by atoms with Crippen LogP contribution in [0.15, 0.2) is 71.5 Å². The fraction of sp³-hybridized carbons (Fsp3) is 0.0556. The third-order valence-corrected chi connectivity index (χ3v) is 3.49. The molecule has 0 saturated heterocycles. The molecule has 1 aromatic heterocycles. The Kier molecular flexibility index (Phi) is 4.01. The van der Waals surface area contributed by atoms with Gasteiger partial charge in [0.1, 0.15) is 5.69 Å². The molecule has 0 radical (unpaired) electrons. The van der Waals surface area contributed by atoms with E-state index in [0.29, 0.717) is 5.69 Å². The monoisotopic (exact) mass is 305 g/mol. The van der Waals surface area contributed by atoms with E-state index in [2.05, 4.69) is 9.97 Å². The number of aromatic nitrogens is 2. The first-order chi connectivity index (χ1) is 11.1. The molecule has 0 saturated carbocycles. The number of rotatable bonds is 3. The standard InChI is InChI=1S/C18H15N3O2/c1-21(14-10-6-3-7-11-14)17(22)16-12-15(19-18(23)20-16)13-8-4-2-5-9-13/h2-12H,1H3,(H,19,20,23). The maximum atomic E-state index is 12.6. The van der Waals surface area contributed by atoms with Gasteiger partial charge < -0.3 is 9.88 Å². The SMILES string of the molecule is CN(C(=O)c1cc(-c2ccccc2)nc(=O)[nH]1)c1ccccc1. The minimum Gasteiger partial charge on any atom is -0.310 e. The molecule has 1 N–H and O–H groups in total. The first-order valence-electron chi connectivity index (χ1n) is 7.15. The van der Waals surface area contributed by atoms with Gasteiger partial charge in [0.15, 0.2) is 0 Å². The van der Waals surface area contributed by atoms with Crippen molar-refractivity contribution in [1.29, 1.82) is 0 Å². The number of amides is 1. The number of hydrogen-bond donors (Lipinski definition) is 1. The molecule has 0 fully saturated rings. The van der Waals surface area contributed by atoms with Gasteiger partial charge in [0, 0.05) is 18.3 Å². The number of nitrogens with one attached hydrogen (secondary N) is 1. The van der Waals surface area contributed by atoms with E-state index in [9.17, 15) is 9.59 Å². The van der Waals surface area contributed by atoms with E-state index in [-0.39, 0.29) is 11.6 Å². The highest BCUT2D eigenvalue weighted by Gasteiger charge is 2.16. The molecule has 0 aliphatic carbocycles. The van der Waals surface area contributed by atoms with Crippen molar-refractivity contribution in [1.82, 2.24) is 9.97 Å². The molecule has 0 atom stereocenters. The Hall–Kier alpha value is -3.21.